The molecule has 0 nitrogen and oxygen atoms in total. The van der Waals surface area contributed by atoms with E-state index < -0.39 is 0 Å². The van der Waals surface area contributed by atoms with Crippen molar-refractivity contribution in [3.8, 4) is 0 Å². The molecule has 0 amide bonds. The van der Waals surface area contributed by atoms with Gasteiger partial charge in [0.05, 0.1) is 0 Å². The molecule has 17 heavy (non-hydrogen) atoms. The zero-order chi connectivity index (χ0) is 12.6. The van der Waals surface area contributed by atoms with E-state index in [4.69, 9.17) is 0 Å². The molecule has 0 fully saturated rings. The summed E-state index contributed by atoms with van der Waals surface area (Å²) in [7, 11) is -0.0409. The Morgan fingerprint density at radius 2 is 1.59 bits per heavy atom. The monoisotopic (exact) mass is 246 g/mol. The first-order chi connectivity index (χ1) is 8.00. The van der Waals surface area contributed by atoms with Crippen LogP contribution in [0.5, 0.6) is 0 Å². The van der Waals surface area contributed by atoms with Crippen LogP contribution >= 0.6 is 7.53 Å². The summed E-state index contributed by atoms with van der Waals surface area (Å²) in [5.41, 5.74) is 1.53. The van der Waals surface area contributed by atoms with Gasteiger partial charge in [-0.25, -0.2) is 0 Å². The maximum Gasteiger partial charge on any atom is 0.00118 e. The van der Waals surface area contributed by atoms with Crippen LogP contribution in [-0.2, 0) is 6.66 Å². The molecule has 2 aromatic rings. The predicted molar refractivity (Wildman–Crippen MR) is 80.1 cm³/mol. The average molecular weight is 246 g/mol. The zero-order valence-electron chi connectivity index (χ0n) is 11.6. The van der Waals surface area contributed by atoms with Gasteiger partial charge in [-0.05, 0) is 47.2 Å². The smallest absolute Gasteiger partial charge is 0.00118 e. The molecule has 1 aromatic carbocycles. The Bertz CT molecular complexity index is 497. The van der Waals surface area contributed by atoms with Gasteiger partial charge in [-0.1, -0.05) is 45.9 Å². The largest absolute Gasteiger partial charge is 0.120 e. The lowest BCUT2D eigenvalue weighted by molar-refractivity contribution is 0.388. The van der Waals surface area contributed by atoms with Gasteiger partial charge in [0.15, 0.2) is 0 Å². The van der Waals surface area contributed by atoms with E-state index in [0.29, 0.717) is 17.8 Å². The summed E-state index contributed by atoms with van der Waals surface area (Å²) in [4.78, 5) is 0. The van der Waals surface area contributed by atoms with Crippen LogP contribution in [0, 0.1) is 11.8 Å². The van der Waals surface area contributed by atoms with E-state index >= 15 is 0 Å². The van der Waals surface area contributed by atoms with E-state index in [-0.39, 0.29) is 7.53 Å². The van der Waals surface area contributed by atoms with Crippen molar-refractivity contribution >= 4 is 18.0 Å². The van der Waals surface area contributed by atoms with Gasteiger partial charge in [-0.3, -0.25) is 0 Å². The molecular formula is C16H23P. The Labute approximate surface area is 106 Å². The highest BCUT2D eigenvalue weighted by molar-refractivity contribution is 7.53. The van der Waals surface area contributed by atoms with Gasteiger partial charge in [0.1, 0.15) is 0 Å². The Balaban J connectivity index is 2.50. The molecule has 0 aliphatic rings. The van der Waals surface area contributed by atoms with Gasteiger partial charge < -0.3 is 0 Å². The second kappa shape index (κ2) is 4.86. The summed E-state index contributed by atoms with van der Waals surface area (Å²) in [5, 5.41) is 3.01. The number of hydrogen-bond acceptors (Lipinski definition) is 0. The minimum atomic E-state index is -0.0409. The Kier molecular flexibility index (Phi) is 3.64. The Hall–Kier alpha value is -0.740. The molecule has 0 spiro atoms. The summed E-state index contributed by atoms with van der Waals surface area (Å²) in [5.74, 6) is 4.48. The number of benzene rings is 1. The Morgan fingerprint density at radius 1 is 0.941 bits per heavy atom. The molecule has 1 unspecified atom stereocenters. The van der Waals surface area contributed by atoms with E-state index in [1.807, 2.05) is 0 Å². The SMILES string of the molecule is CC(C)C(c1ccc2ccp(C)c2c1)C(C)C. The van der Waals surface area contributed by atoms with Crippen molar-refractivity contribution < 1.29 is 0 Å². The molecule has 0 saturated heterocycles. The van der Waals surface area contributed by atoms with E-state index in [1.54, 1.807) is 5.12 Å². The fourth-order valence-corrected chi connectivity index (χ4v) is 4.48. The van der Waals surface area contributed by atoms with Crippen molar-refractivity contribution in [1.29, 1.82) is 0 Å². The molecule has 0 aliphatic heterocycles. The van der Waals surface area contributed by atoms with E-state index in [1.165, 1.54) is 10.9 Å². The normalized spacial score (nSPS) is 13.3. The van der Waals surface area contributed by atoms with E-state index in [9.17, 15) is 0 Å². The fourth-order valence-electron chi connectivity index (χ4n) is 3.03. The van der Waals surface area contributed by atoms with Crippen LogP contribution in [0.2, 0.25) is 0 Å². The molecule has 0 saturated carbocycles. The highest BCUT2D eigenvalue weighted by Gasteiger charge is 2.19. The molecule has 0 aliphatic carbocycles. The standard InChI is InChI=1S/C16H23P/c1-11(2)16(12(3)4)14-7-6-13-8-9-17(5)15(13)10-14/h6-12,16H,1-5H3. The number of fused-ring (bicyclic) bond motifs is 1. The third-order valence-corrected chi connectivity index (χ3v) is 5.48. The highest BCUT2D eigenvalue weighted by atomic mass is 31.1. The topological polar surface area (TPSA) is 0 Å². The van der Waals surface area contributed by atoms with Crippen LogP contribution in [0.15, 0.2) is 30.1 Å². The van der Waals surface area contributed by atoms with Crippen molar-refractivity contribution in [2.75, 3.05) is 0 Å². The van der Waals surface area contributed by atoms with Crippen LogP contribution in [0.4, 0.5) is 0 Å². The second-order valence-electron chi connectivity index (χ2n) is 5.76. The lowest BCUT2D eigenvalue weighted by Gasteiger charge is -2.25. The van der Waals surface area contributed by atoms with Crippen LogP contribution in [0.1, 0.15) is 39.2 Å². The van der Waals surface area contributed by atoms with Crippen molar-refractivity contribution in [3.05, 3.63) is 35.6 Å². The summed E-state index contributed by atoms with van der Waals surface area (Å²) >= 11 is 0. The molecule has 1 aromatic heterocycles. The van der Waals surface area contributed by atoms with Gasteiger partial charge in [0, 0.05) is 5.12 Å². The van der Waals surface area contributed by atoms with Crippen LogP contribution in [0.25, 0.3) is 10.5 Å². The van der Waals surface area contributed by atoms with Crippen molar-refractivity contribution in [3.63, 3.8) is 0 Å². The molecule has 0 bridgehead atoms. The zero-order valence-corrected chi connectivity index (χ0v) is 12.5. The third-order valence-electron chi connectivity index (χ3n) is 3.73. The molecule has 92 valence electrons. The summed E-state index contributed by atoms with van der Waals surface area (Å²) in [6.07, 6.45) is 0. The fraction of sp³-hybridized carbons (Fsp3) is 0.500. The van der Waals surface area contributed by atoms with Crippen LogP contribution in [0.3, 0.4) is 0 Å². The first kappa shape index (κ1) is 12.7. The maximum absolute atomic E-state index is 2.46. The van der Waals surface area contributed by atoms with Crippen LogP contribution < -0.4 is 0 Å². The molecule has 2 rings (SSSR count). The Morgan fingerprint density at radius 3 is 2.18 bits per heavy atom. The maximum atomic E-state index is 2.46. The number of aryl methyl sites for hydroxylation is 1. The predicted octanol–water partition coefficient (Wildman–Crippen LogP) is 5.76. The quantitative estimate of drug-likeness (QED) is 0.646. The van der Waals surface area contributed by atoms with Crippen molar-refractivity contribution in [1.82, 2.24) is 0 Å². The number of hydrogen-bond donors (Lipinski definition) is 0. The van der Waals surface area contributed by atoms with Crippen LogP contribution in [-0.4, -0.2) is 0 Å². The summed E-state index contributed by atoms with van der Waals surface area (Å²) in [6.45, 7) is 11.7. The molecule has 1 heteroatoms. The van der Waals surface area contributed by atoms with E-state index in [0.717, 1.165) is 0 Å². The van der Waals surface area contributed by atoms with Gasteiger partial charge in [0.2, 0.25) is 0 Å². The summed E-state index contributed by atoms with van der Waals surface area (Å²) in [6, 6.07) is 9.39. The third kappa shape index (κ3) is 2.43. The minimum absolute atomic E-state index is 0.0409. The van der Waals surface area contributed by atoms with Gasteiger partial charge in [0.25, 0.3) is 0 Å². The highest BCUT2D eigenvalue weighted by Crippen LogP contribution is 2.40. The molecule has 0 radical (unpaired) electrons. The summed E-state index contributed by atoms with van der Waals surface area (Å²) < 4.78 is 0. The lowest BCUT2D eigenvalue weighted by Crippen LogP contribution is -2.13. The second-order valence-corrected chi connectivity index (χ2v) is 7.76. The minimum Gasteiger partial charge on any atom is -0.120 e. The average Bonchev–Trinajstić information content (AvgIpc) is 2.59. The number of rotatable bonds is 3. The molecular weight excluding hydrogens is 223 g/mol. The van der Waals surface area contributed by atoms with Crippen molar-refractivity contribution in [2.45, 2.75) is 33.6 Å². The van der Waals surface area contributed by atoms with Gasteiger partial charge in [-0.15, -0.1) is 7.53 Å². The first-order valence-electron chi connectivity index (χ1n) is 6.55. The van der Waals surface area contributed by atoms with E-state index in [2.05, 4.69) is 64.4 Å². The first-order valence-corrected chi connectivity index (χ1v) is 8.41. The van der Waals surface area contributed by atoms with Gasteiger partial charge >= 0.3 is 0 Å². The van der Waals surface area contributed by atoms with Crippen molar-refractivity contribution in [2.24, 2.45) is 18.5 Å². The van der Waals surface area contributed by atoms with Gasteiger partial charge in [-0.2, -0.15) is 0 Å². The molecule has 1 heterocycles. The molecule has 0 N–H and O–H groups in total. The molecule has 1 atom stereocenters. The lowest BCUT2D eigenvalue weighted by atomic mass is 9.80.